The molecule has 6 heteroatoms. The van der Waals surface area contributed by atoms with Crippen LogP contribution in [-0.2, 0) is 6.42 Å². The maximum absolute atomic E-state index is 10.2. The zero-order valence-electron chi connectivity index (χ0n) is 13.8. The van der Waals surface area contributed by atoms with Crippen molar-refractivity contribution in [2.24, 2.45) is 11.3 Å². The monoisotopic (exact) mass is 326 g/mol. The minimum Gasteiger partial charge on any atom is -0.493 e. The molecule has 1 saturated heterocycles. The lowest BCUT2D eigenvalue weighted by Crippen LogP contribution is -2.38. The van der Waals surface area contributed by atoms with Gasteiger partial charge in [-0.3, -0.25) is 0 Å². The van der Waals surface area contributed by atoms with Gasteiger partial charge < -0.3 is 20.5 Å². The number of aromatic nitrogens is 2. The number of nitrogens with zero attached hydrogens (tertiary/aromatic N) is 3. The zero-order chi connectivity index (χ0) is 16.7. The molecule has 2 atom stereocenters. The number of anilines is 2. The van der Waals surface area contributed by atoms with Crippen LogP contribution in [0.15, 0.2) is 30.3 Å². The van der Waals surface area contributed by atoms with Crippen molar-refractivity contribution in [1.82, 2.24) is 9.97 Å². The first-order valence-electron chi connectivity index (χ1n) is 8.27. The molecular formula is C18H22N4O2. The summed E-state index contributed by atoms with van der Waals surface area (Å²) in [5, 5.41) is 10.2. The van der Waals surface area contributed by atoms with E-state index in [-0.39, 0.29) is 23.9 Å². The quantitative estimate of drug-likeness (QED) is 0.868. The Kier molecular flexibility index (Phi) is 3.57. The molecule has 0 radical (unpaired) electrons. The highest BCUT2D eigenvalue weighted by Crippen LogP contribution is 2.44. The van der Waals surface area contributed by atoms with Gasteiger partial charge >= 0.3 is 0 Å². The van der Waals surface area contributed by atoms with Gasteiger partial charge in [0, 0.05) is 36.2 Å². The first kappa shape index (κ1) is 15.2. The SMILES string of the molecule is Cc1cc(N2C[C@@H]3COc4ccccc4C[C@]3(CO)C2)nc(N)n1. The smallest absolute Gasteiger partial charge is 0.222 e. The van der Waals surface area contributed by atoms with Crippen LogP contribution >= 0.6 is 0 Å². The molecule has 24 heavy (non-hydrogen) atoms. The Morgan fingerprint density at radius 1 is 1.38 bits per heavy atom. The molecule has 1 fully saturated rings. The van der Waals surface area contributed by atoms with Crippen molar-refractivity contribution in [3.8, 4) is 5.75 Å². The molecule has 2 aliphatic rings. The van der Waals surface area contributed by atoms with Crippen molar-refractivity contribution >= 4 is 11.8 Å². The minimum atomic E-state index is -0.222. The first-order valence-corrected chi connectivity index (χ1v) is 8.27. The summed E-state index contributed by atoms with van der Waals surface area (Å²) in [5.74, 6) is 2.30. The number of hydrogen-bond acceptors (Lipinski definition) is 6. The van der Waals surface area contributed by atoms with Gasteiger partial charge in [0.1, 0.15) is 11.6 Å². The van der Waals surface area contributed by atoms with Crippen LogP contribution in [0.1, 0.15) is 11.3 Å². The topological polar surface area (TPSA) is 84.5 Å². The predicted molar refractivity (Wildman–Crippen MR) is 92.0 cm³/mol. The largest absolute Gasteiger partial charge is 0.493 e. The number of ether oxygens (including phenoxy) is 1. The normalized spacial score (nSPS) is 25.6. The van der Waals surface area contributed by atoms with Crippen molar-refractivity contribution in [3.63, 3.8) is 0 Å². The number of nitrogen functional groups attached to an aromatic ring is 1. The van der Waals surface area contributed by atoms with Crippen LogP contribution in [0.2, 0.25) is 0 Å². The Morgan fingerprint density at radius 2 is 2.21 bits per heavy atom. The maximum Gasteiger partial charge on any atom is 0.222 e. The Morgan fingerprint density at radius 3 is 3.00 bits per heavy atom. The molecule has 3 heterocycles. The lowest BCUT2D eigenvalue weighted by atomic mass is 9.75. The average Bonchev–Trinajstić information content (AvgIpc) is 2.85. The van der Waals surface area contributed by atoms with E-state index in [9.17, 15) is 5.11 Å². The van der Waals surface area contributed by atoms with Gasteiger partial charge in [0.2, 0.25) is 5.95 Å². The Hall–Kier alpha value is -2.34. The lowest BCUT2D eigenvalue weighted by molar-refractivity contribution is 0.0816. The van der Waals surface area contributed by atoms with Gasteiger partial charge in [-0.1, -0.05) is 18.2 Å². The summed E-state index contributed by atoms with van der Waals surface area (Å²) in [5.41, 5.74) is 7.59. The second kappa shape index (κ2) is 5.63. The molecule has 1 aromatic carbocycles. The number of benzene rings is 1. The summed E-state index contributed by atoms with van der Waals surface area (Å²) in [6.07, 6.45) is 0.806. The molecule has 0 bridgehead atoms. The summed E-state index contributed by atoms with van der Waals surface area (Å²) in [6, 6.07) is 10.1. The van der Waals surface area contributed by atoms with E-state index < -0.39 is 0 Å². The fraction of sp³-hybridized carbons (Fsp3) is 0.444. The standard InChI is InChI=1S/C18H22N4O2/c1-12-6-16(21-17(19)20-12)22-8-14-9-24-15-5-3-2-4-13(15)7-18(14,10-22)11-23/h2-6,14,23H,7-11H2,1H3,(H2,19,20,21)/t14-,18-/m1/s1. The molecule has 126 valence electrons. The molecule has 0 spiro atoms. The molecule has 3 N–H and O–H groups in total. The summed E-state index contributed by atoms with van der Waals surface area (Å²) in [7, 11) is 0. The van der Waals surface area contributed by atoms with Gasteiger partial charge in [-0.25, -0.2) is 4.98 Å². The van der Waals surface area contributed by atoms with Crippen LogP contribution in [-0.4, -0.2) is 41.4 Å². The molecule has 2 aliphatic heterocycles. The fourth-order valence-corrected chi connectivity index (χ4v) is 3.97. The fourth-order valence-electron chi connectivity index (χ4n) is 3.97. The van der Waals surface area contributed by atoms with E-state index in [0.29, 0.717) is 6.61 Å². The highest BCUT2D eigenvalue weighted by Gasteiger charge is 2.48. The Labute approximate surface area is 141 Å². The van der Waals surface area contributed by atoms with Crippen LogP contribution in [0.3, 0.4) is 0 Å². The molecule has 2 aromatic rings. The van der Waals surface area contributed by atoms with E-state index in [1.807, 2.05) is 31.2 Å². The highest BCUT2D eigenvalue weighted by molar-refractivity contribution is 5.46. The predicted octanol–water partition coefficient (Wildman–Crippen LogP) is 1.42. The number of aryl methyl sites for hydroxylation is 1. The number of rotatable bonds is 2. The van der Waals surface area contributed by atoms with E-state index in [1.165, 1.54) is 0 Å². The second-order valence-corrected chi connectivity index (χ2v) is 6.92. The number of nitrogens with two attached hydrogens (primary N) is 1. The summed E-state index contributed by atoms with van der Waals surface area (Å²) in [4.78, 5) is 10.7. The number of aliphatic hydroxyl groups is 1. The van der Waals surface area contributed by atoms with Crippen LogP contribution in [0.4, 0.5) is 11.8 Å². The van der Waals surface area contributed by atoms with Crippen molar-refractivity contribution in [2.45, 2.75) is 13.3 Å². The molecule has 0 unspecified atom stereocenters. The summed E-state index contributed by atoms with van der Waals surface area (Å²) < 4.78 is 6.03. The highest BCUT2D eigenvalue weighted by atomic mass is 16.5. The molecule has 1 aromatic heterocycles. The average molecular weight is 326 g/mol. The minimum absolute atomic E-state index is 0.130. The number of para-hydroxylation sites is 1. The van der Waals surface area contributed by atoms with E-state index in [2.05, 4.69) is 20.9 Å². The number of hydrogen-bond donors (Lipinski definition) is 2. The van der Waals surface area contributed by atoms with Gasteiger partial charge in [-0.05, 0) is 25.0 Å². The van der Waals surface area contributed by atoms with E-state index in [1.54, 1.807) is 0 Å². The van der Waals surface area contributed by atoms with Crippen LogP contribution in [0, 0.1) is 18.3 Å². The van der Waals surface area contributed by atoms with Crippen LogP contribution < -0.4 is 15.4 Å². The van der Waals surface area contributed by atoms with Gasteiger partial charge in [-0.15, -0.1) is 0 Å². The molecular weight excluding hydrogens is 304 g/mol. The van der Waals surface area contributed by atoms with Gasteiger partial charge in [0.05, 0.1) is 13.2 Å². The lowest BCUT2D eigenvalue weighted by Gasteiger charge is -2.30. The zero-order valence-corrected chi connectivity index (χ0v) is 13.8. The first-order chi connectivity index (χ1) is 11.6. The third kappa shape index (κ3) is 2.47. The van der Waals surface area contributed by atoms with E-state index in [0.717, 1.165) is 42.3 Å². The summed E-state index contributed by atoms with van der Waals surface area (Å²) in [6.45, 7) is 4.18. The van der Waals surface area contributed by atoms with Crippen LogP contribution in [0.25, 0.3) is 0 Å². The van der Waals surface area contributed by atoms with E-state index >= 15 is 0 Å². The second-order valence-electron chi connectivity index (χ2n) is 6.92. The van der Waals surface area contributed by atoms with Crippen molar-refractivity contribution in [1.29, 1.82) is 0 Å². The van der Waals surface area contributed by atoms with Crippen molar-refractivity contribution in [2.75, 3.05) is 36.9 Å². The molecule has 4 rings (SSSR count). The van der Waals surface area contributed by atoms with Crippen LogP contribution in [0.5, 0.6) is 5.75 Å². The number of aliphatic hydroxyl groups excluding tert-OH is 1. The third-order valence-electron chi connectivity index (χ3n) is 5.26. The Balaban J connectivity index is 1.67. The van der Waals surface area contributed by atoms with Crippen molar-refractivity contribution in [3.05, 3.63) is 41.6 Å². The van der Waals surface area contributed by atoms with E-state index in [4.69, 9.17) is 10.5 Å². The number of fused-ring (bicyclic) bond motifs is 2. The van der Waals surface area contributed by atoms with Gasteiger partial charge in [0.25, 0.3) is 0 Å². The van der Waals surface area contributed by atoms with Gasteiger partial charge in [-0.2, -0.15) is 4.98 Å². The third-order valence-corrected chi connectivity index (χ3v) is 5.26. The van der Waals surface area contributed by atoms with Gasteiger partial charge in [0.15, 0.2) is 0 Å². The maximum atomic E-state index is 10.2. The molecule has 0 amide bonds. The molecule has 6 nitrogen and oxygen atoms in total. The molecule has 0 saturated carbocycles. The van der Waals surface area contributed by atoms with Crippen molar-refractivity contribution < 1.29 is 9.84 Å². The summed E-state index contributed by atoms with van der Waals surface area (Å²) >= 11 is 0. The molecule has 0 aliphatic carbocycles. The Bertz CT molecular complexity index is 746.